The Labute approximate surface area is 253 Å². The van der Waals surface area contributed by atoms with Crippen LogP contribution in [0.15, 0.2) is 48.7 Å². The maximum absolute atomic E-state index is 15.2. The van der Waals surface area contributed by atoms with E-state index in [0.29, 0.717) is 22.8 Å². The minimum absolute atomic E-state index is 0.00390. The minimum atomic E-state index is -0.745. The van der Waals surface area contributed by atoms with Crippen LogP contribution in [-0.4, -0.2) is 41.2 Å². The number of nitrogens with zero attached hydrogens (tertiary/aromatic N) is 2. The number of pyridine rings is 1. The normalized spacial score (nSPS) is 22.3. The Morgan fingerprint density at radius 3 is 2.72 bits per heavy atom. The molecule has 4 aliphatic rings. The smallest absolute Gasteiger partial charge is 0.306 e. The summed E-state index contributed by atoms with van der Waals surface area (Å²) in [5.74, 6) is 0.149. The Bertz CT molecular complexity index is 1530. The van der Waals surface area contributed by atoms with E-state index < -0.39 is 11.9 Å². The van der Waals surface area contributed by atoms with Crippen molar-refractivity contribution in [1.82, 2.24) is 9.88 Å². The molecule has 226 valence electrons. The van der Waals surface area contributed by atoms with Crippen LogP contribution in [0.2, 0.25) is 0 Å². The third kappa shape index (κ3) is 5.76. The molecule has 0 unspecified atom stereocenters. The highest BCUT2D eigenvalue weighted by molar-refractivity contribution is 5.71. The van der Waals surface area contributed by atoms with Crippen molar-refractivity contribution in [1.29, 1.82) is 0 Å². The van der Waals surface area contributed by atoms with Crippen LogP contribution in [0.25, 0.3) is 11.1 Å². The van der Waals surface area contributed by atoms with Crippen molar-refractivity contribution < 1.29 is 23.8 Å². The molecule has 7 rings (SSSR count). The number of halogens is 1. The average molecular weight is 585 g/mol. The standard InChI is InChI=1S/C36H41FN2O4/c1-22(35(40)41)34(24-5-6-24)26-7-4-23-9-11-31(43-32(23)17-26)25-8-10-28(29-18-33(42-2)38-19-30(29)37)27(16-25)20-39-15-3-12-36(21-39)13-14-36/h4,7-8,10,16-19,22,24,31,34H,3,5-6,9,11-15,20-21H2,1-2H3,(H,40,41)/t22-,31-,34-/m0/s1. The van der Waals surface area contributed by atoms with Gasteiger partial charge in [-0.25, -0.2) is 9.37 Å². The molecule has 3 aromatic rings. The largest absolute Gasteiger partial charge is 0.485 e. The molecule has 2 aromatic carbocycles. The van der Waals surface area contributed by atoms with Crippen molar-refractivity contribution in [2.24, 2.45) is 17.3 Å². The summed E-state index contributed by atoms with van der Waals surface area (Å²) in [4.78, 5) is 18.5. The van der Waals surface area contributed by atoms with E-state index in [-0.39, 0.29) is 17.8 Å². The van der Waals surface area contributed by atoms with Gasteiger partial charge in [0.05, 0.1) is 19.2 Å². The first-order chi connectivity index (χ1) is 20.8. The van der Waals surface area contributed by atoms with Crippen LogP contribution in [0.5, 0.6) is 11.6 Å². The van der Waals surface area contributed by atoms with Gasteiger partial charge in [0, 0.05) is 24.7 Å². The van der Waals surface area contributed by atoms with E-state index in [1.807, 2.05) is 13.0 Å². The summed E-state index contributed by atoms with van der Waals surface area (Å²) in [6, 6.07) is 14.4. The van der Waals surface area contributed by atoms with Crippen LogP contribution in [0.1, 0.15) is 86.1 Å². The van der Waals surface area contributed by atoms with Crippen molar-refractivity contribution >= 4 is 5.97 Å². The van der Waals surface area contributed by atoms with Gasteiger partial charge < -0.3 is 14.6 Å². The van der Waals surface area contributed by atoms with Crippen LogP contribution in [0.4, 0.5) is 4.39 Å². The molecule has 1 aromatic heterocycles. The van der Waals surface area contributed by atoms with E-state index in [2.05, 4.69) is 40.2 Å². The number of rotatable bonds is 9. The van der Waals surface area contributed by atoms with E-state index in [4.69, 9.17) is 9.47 Å². The molecule has 1 spiro atoms. The number of benzene rings is 2. The number of hydrogen-bond donors (Lipinski definition) is 1. The first-order valence-corrected chi connectivity index (χ1v) is 15.9. The molecule has 0 radical (unpaired) electrons. The van der Waals surface area contributed by atoms with Gasteiger partial charge in [-0.1, -0.05) is 37.3 Å². The summed E-state index contributed by atoms with van der Waals surface area (Å²) in [6.45, 7) is 4.75. The molecule has 2 saturated carbocycles. The number of aryl methyl sites for hydroxylation is 1. The highest BCUT2D eigenvalue weighted by atomic mass is 19.1. The number of fused-ring (bicyclic) bond motifs is 1. The Morgan fingerprint density at radius 1 is 1.14 bits per heavy atom. The first kappa shape index (κ1) is 28.3. The zero-order valence-electron chi connectivity index (χ0n) is 25.2. The SMILES string of the molecule is COc1cc(-c2ccc([C@@H]3CCc4ccc([C@H](C5CC5)[C@H](C)C(=O)O)cc4O3)cc2CN2CCCC3(CC3)C2)c(F)cn1. The molecule has 7 heteroatoms. The van der Waals surface area contributed by atoms with Gasteiger partial charge in [-0.3, -0.25) is 9.69 Å². The van der Waals surface area contributed by atoms with Crippen molar-refractivity contribution in [2.75, 3.05) is 20.2 Å². The second kappa shape index (κ2) is 11.2. The number of carbonyl (C=O) groups is 1. The lowest BCUT2D eigenvalue weighted by atomic mass is 9.82. The summed E-state index contributed by atoms with van der Waals surface area (Å²) in [6.07, 6.45) is 10.2. The van der Waals surface area contributed by atoms with E-state index in [9.17, 15) is 9.90 Å². The van der Waals surface area contributed by atoms with Gasteiger partial charge in [-0.15, -0.1) is 0 Å². The lowest BCUT2D eigenvalue weighted by molar-refractivity contribution is -0.142. The molecule has 2 aliphatic carbocycles. The molecule has 3 fully saturated rings. The van der Waals surface area contributed by atoms with E-state index in [1.165, 1.54) is 37.4 Å². The Kier molecular flexibility index (Phi) is 7.40. The summed E-state index contributed by atoms with van der Waals surface area (Å²) in [5, 5.41) is 9.78. The zero-order chi connectivity index (χ0) is 29.7. The highest BCUT2D eigenvalue weighted by Gasteiger charge is 2.45. The zero-order valence-corrected chi connectivity index (χ0v) is 25.2. The number of methoxy groups -OCH3 is 1. The second-order valence-corrected chi connectivity index (χ2v) is 13.4. The molecular weight excluding hydrogens is 543 g/mol. The molecule has 1 saturated heterocycles. The van der Waals surface area contributed by atoms with Crippen LogP contribution < -0.4 is 9.47 Å². The monoisotopic (exact) mass is 584 g/mol. The van der Waals surface area contributed by atoms with Gasteiger partial charge in [0.2, 0.25) is 5.88 Å². The predicted molar refractivity (Wildman–Crippen MR) is 163 cm³/mol. The number of hydrogen-bond acceptors (Lipinski definition) is 5. The molecule has 1 N–H and O–H groups in total. The van der Waals surface area contributed by atoms with Crippen LogP contribution >= 0.6 is 0 Å². The van der Waals surface area contributed by atoms with Gasteiger partial charge in [0.25, 0.3) is 0 Å². The summed E-state index contributed by atoms with van der Waals surface area (Å²) in [5.41, 5.74) is 6.28. The lowest BCUT2D eigenvalue weighted by Gasteiger charge is -2.34. The predicted octanol–water partition coefficient (Wildman–Crippen LogP) is 7.55. The van der Waals surface area contributed by atoms with E-state index in [0.717, 1.165) is 73.3 Å². The number of aliphatic carboxylic acids is 1. The summed E-state index contributed by atoms with van der Waals surface area (Å²) < 4.78 is 27.2. The molecule has 2 aliphatic heterocycles. The molecule has 43 heavy (non-hydrogen) atoms. The molecule has 3 heterocycles. The van der Waals surface area contributed by atoms with Crippen LogP contribution in [-0.2, 0) is 17.8 Å². The number of ether oxygens (including phenoxy) is 2. The van der Waals surface area contributed by atoms with Crippen molar-refractivity contribution in [3.05, 3.63) is 76.7 Å². The number of carboxylic acids is 1. The maximum atomic E-state index is 15.2. The van der Waals surface area contributed by atoms with Crippen LogP contribution in [0, 0.1) is 23.1 Å². The van der Waals surface area contributed by atoms with Gasteiger partial charge in [0.1, 0.15) is 17.7 Å². The van der Waals surface area contributed by atoms with E-state index >= 15 is 4.39 Å². The fourth-order valence-corrected chi connectivity index (χ4v) is 7.62. The average Bonchev–Trinajstić information content (AvgIpc) is 3.96. The highest BCUT2D eigenvalue weighted by Crippen LogP contribution is 2.52. The molecular formula is C36H41FN2O4. The maximum Gasteiger partial charge on any atom is 0.306 e. The van der Waals surface area contributed by atoms with Crippen molar-refractivity contribution in [3.8, 4) is 22.8 Å². The molecule has 0 bridgehead atoms. The number of carboxylic acid groups (broad SMARTS) is 1. The molecule has 0 amide bonds. The fourth-order valence-electron chi connectivity index (χ4n) is 7.62. The topological polar surface area (TPSA) is 71.9 Å². The number of likely N-dealkylation sites (tertiary alicyclic amines) is 1. The number of aromatic nitrogens is 1. The number of piperidine rings is 1. The van der Waals surface area contributed by atoms with Gasteiger partial charge >= 0.3 is 5.97 Å². The van der Waals surface area contributed by atoms with E-state index in [1.54, 1.807) is 13.2 Å². The fraction of sp³-hybridized carbons (Fsp3) is 0.500. The quantitative estimate of drug-likeness (QED) is 0.280. The summed E-state index contributed by atoms with van der Waals surface area (Å²) >= 11 is 0. The lowest BCUT2D eigenvalue weighted by Crippen LogP contribution is -2.36. The second-order valence-electron chi connectivity index (χ2n) is 13.4. The Balaban J connectivity index is 1.20. The van der Waals surface area contributed by atoms with Gasteiger partial charge in [-0.2, -0.15) is 0 Å². The van der Waals surface area contributed by atoms with Gasteiger partial charge in [0.15, 0.2) is 0 Å². The van der Waals surface area contributed by atoms with Crippen LogP contribution in [0.3, 0.4) is 0 Å². The summed E-state index contributed by atoms with van der Waals surface area (Å²) in [7, 11) is 1.55. The molecule has 3 atom stereocenters. The van der Waals surface area contributed by atoms with Crippen molar-refractivity contribution in [3.63, 3.8) is 0 Å². The van der Waals surface area contributed by atoms with Gasteiger partial charge in [-0.05, 0) is 109 Å². The third-order valence-electron chi connectivity index (χ3n) is 10.4. The van der Waals surface area contributed by atoms with Crippen molar-refractivity contribution in [2.45, 2.75) is 76.9 Å². The first-order valence-electron chi connectivity index (χ1n) is 15.9. The Morgan fingerprint density at radius 2 is 1.98 bits per heavy atom. The minimum Gasteiger partial charge on any atom is -0.485 e. The third-order valence-corrected chi connectivity index (χ3v) is 10.4. The molecule has 6 nitrogen and oxygen atoms in total. The Hall–Kier alpha value is -3.45.